The van der Waals surface area contributed by atoms with Gasteiger partial charge >= 0.3 is 0 Å². The lowest BCUT2D eigenvalue weighted by molar-refractivity contribution is 0.287. The molecule has 0 unspecified atom stereocenters. The molecule has 6 heteroatoms. The number of hydrogen-bond acceptors (Lipinski definition) is 4. The third-order valence-corrected chi connectivity index (χ3v) is 2.50. The van der Waals surface area contributed by atoms with E-state index >= 15 is 0 Å². The molecule has 0 spiro atoms. The summed E-state index contributed by atoms with van der Waals surface area (Å²) in [5.74, 6) is -0.143. The Bertz CT molecular complexity index is 434. The first-order valence-electron chi connectivity index (χ1n) is 4.85. The van der Waals surface area contributed by atoms with E-state index in [0.29, 0.717) is 12.1 Å². The number of hydrogen-bond donors (Lipinski definition) is 3. The van der Waals surface area contributed by atoms with Gasteiger partial charge in [-0.1, -0.05) is 13.8 Å². The second-order valence-corrected chi connectivity index (χ2v) is 3.61. The predicted molar refractivity (Wildman–Crippen MR) is 60.5 cm³/mol. The smallest absolute Gasteiger partial charge is 0.260 e. The van der Waals surface area contributed by atoms with Gasteiger partial charge in [-0.15, -0.1) is 0 Å². The fourth-order valence-electron chi connectivity index (χ4n) is 1.32. The fraction of sp³-hybridized carbons (Fsp3) is 0.556. The average molecular weight is 229 g/mol. The quantitative estimate of drug-likeness (QED) is 0.673. The fourth-order valence-corrected chi connectivity index (χ4v) is 1.51. The van der Waals surface area contributed by atoms with Gasteiger partial charge in [0.25, 0.3) is 5.56 Å². The molecule has 0 aliphatic heterocycles. The van der Waals surface area contributed by atoms with Crippen LogP contribution in [0.25, 0.3) is 0 Å². The molecule has 0 saturated carbocycles. The summed E-state index contributed by atoms with van der Waals surface area (Å²) in [6.07, 6.45) is 0. The first-order valence-corrected chi connectivity index (χ1v) is 5.26. The first-order chi connectivity index (χ1) is 7.08. The van der Waals surface area contributed by atoms with Gasteiger partial charge in [-0.25, -0.2) is 0 Å². The van der Waals surface area contributed by atoms with Gasteiger partial charge in [0.15, 0.2) is 4.77 Å². The zero-order valence-electron chi connectivity index (χ0n) is 8.83. The van der Waals surface area contributed by atoms with Gasteiger partial charge in [-0.3, -0.25) is 14.7 Å². The standard InChI is InChI=1S/C9H15N3O2S/c1-3-12(4-2)5-6-7(13)10-9(15)11-8(6)14/h3-5H2,1-2H3,(H3,10,11,13,14,15). The van der Waals surface area contributed by atoms with E-state index in [-0.39, 0.29) is 16.2 Å². The Balaban J connectivity index is 3.04. The van der Waals surface area contributed by atoms with E-state index in [1.165, 1.54) is 0 Å². The highest BCUT2D eigenvalue weighted by Crippen LogP contribution is 2.09. The van der Waals surface area contributed by atoms with E-state index in [9.17, 15) is 9.90 Å². The molecule has 0 saturated heterocycles. The van der Waals surface area contributed by atoms with Gasteiger partial charge in [0.1, 0.15) is 0 Å². The Labute approximate surface area is 92.8 Å². The molecule has 0 amide bonds. The normalized spacial score (nSPS) is 10.9. The van der Waals surface area contributed by atoms with Crippen LogP contribution in [0.2, 0.25) is 0 Å². The number of aromatic hydroxyl groups is 1. The number of H-pyrrole nitrogens is 2. The molecular weight excluding hydrogens is 214 g/mol. The Hall–Kier alpha value is -1.14. The van der Waals surface area contributed by atoms with Crippen LogP contribution in [-0.2, 0) is 6.54 Å². The van der Waals surface area contributed by atoms with Crippen molar-refractivity contribution in [2.45, 2.75) is 20.4 Å². The van der Waals surface area contributed by atoms with Crippen molar-refractivity contribution in [3.05, 3.63) is 20.7 Å². The highest BCUT2D eigenvalue weighted by atomic mass is 32.1. The highest BCUT2D eigenvalue weighted by Gasteiger charge is 2.10. The summed E-state index contributed by atoms with van der Waals surface area (Å²) in [7, 11) is 0. The highest BCUT2D eigenvalue weighted by molar-refractivity contribution is 7.71. The summed E-state index contributed by atoms with van der Waals surface area (Å²) in [6.45, 7) is 6.07. The van der Waals surface area contributed by atoms with Crippen molar-refractivity contribution in [1.82, 2.24) is 14.9 Å². The van der Waals surface area contributed by atoms with Crippen LogP contribution in [0.1, 0.15) is 19.4 Å². The molecule has 0 radical (unpaired) electrons. The van der Waals surface area contributed by atoms with Crippen LogP contribution in [0.3, 0.4) is 0 Å². The van der Waals surface area contributed by atoms with Crippen LogP contribution in [0, 0.1) is 4.77 Å². The third kappa shape index (κ3) is 2.90. The Morgan fingerprint density at radius 1 is 1.33 bits per heavy atom. The number of aromatic amines is 2. The minimum atomic E-state index is -0.330. The van der Waals surface area contributed by atoms with Crippen molar-refractivity contribution in [2.75, 3.05) is 13.1 Å². The summed E-state index contributed by atoms with van der Waals surface area (Å²) in [4.78, 5) is 18.5. The molecule has 0 aromatic carbocycles. The van der Waals surface area contributed by atoms with Gasteiger partial charge < -0.3 is 10.1 Å². The molecule has 0 aliphatic rings. The second-order valence-electron chi connectivity index (χ2n) is 3.20. The van der Waals surface area contributed by atoms with Crippen molar-refractivity contribution < 1.29 is 5.11 Å². The Kier molecular flexibility index (Phi) is 4.05. The number of nitrogens with one attached hydrogen (secondary N) is 2. The molecular formula is C9H15N3O2S. The van der Waals surface area contributed by atoms with E-state index < -0.39 is 0 Å². The SMILES string of the molecule is CCN(CC)Cc1c(O)[nH]c(=S)[nH]c1=O. The van der Waals surface area contributed by atoms with Crippen LogP contribution in [0.5, 0.6) is 5.88 Å². The summed E-state index contributed by atoms with van der Waals surface area (Å²) >= 11 is 4.73. The lowest BCUT2D eigenvalue weighted by Gasteiger charge is -2.17. The summed E-state index contributed by atoms with van der Waals surface area (Å²) < 4.78 is 0.140. The zero-order chi connectivity index (χ0) is 11.4. The van der Waals surface area contributed by atoms with Crippen molar-refractivity contribution in [2.24, 2.45) is 0 Å². The monoisotopic (exact) mass is 229 g/mol. The van der Waals surface area contributed by atoms with E-state index in [2.05, 4.69) is 9.97 Å². The minimum Gasteiger partial charge on any atom is -0.494 e. The lowest BCUT2D eigenvalue weighted by Crippen LogP contribution is -2.27. The predicted octanol–water partition coefficient (Wildman–Crippen LogP) is 0.980. The molecule has 84 valence electrons. The maximum atomic E-state index is 11.5. The van der Waals surface area contributed by atoms with Crippen molar-refractivity contribution in [3.8, 4) is 5.88 Å². The van der Waals surface area contributed by atoms with E-state index in [0.717, 1.165) is 13.1 Å². The van der Waals surface area contributed by atoms with Crippen LogP contribution < -0.4 is 5.56 Å². The van der Waals surface area contributed by atoms with Crippen molar-refractivity contribution >= 4 is 12.2 Å². The molecule has 1 heterocycles. The van der Waals surface area contributed by atoms with Crippen molar-refractivity contribution in [3.63, 3.8) is 0 Å². The molecule has 0 fully saturated rings. The maximum absolute atomic E-state index is 11.5. The van der Waals surface area contributed by atoms with Crippen molar-refractivity contribution in [1.29, 1.82) is 0 Å². The number of rotatable bonds is 4. The molecule has 5 nitrogen and oxygen atoms in total. The summed E-state index contributed by atoms with van der Waals surface area (Å²) in [6, 6.07) is 0. The molecule has 0 aliphatic carbocycles. The average Bonchev–Trinajstić information content (AvgIpc) is 2.17. The van der Waals surface area contributed by atoms with Gasteiger partial charge in [-0.05, 0) is 25.3 Å². The topological polar surface area (TPSA) is 72.1 Å². The second kappa shape index (κ2) is 5.09. The van der Waals surface area contributed by atoms with Crippen LogP contribution in [-0.4, -0.2) is 33.1 Å². The molecule has 0 bridgehead atoms. The molecule has 1 aromatic rings. The Morgan fingerprint density at radius 3 is 2.40 bits per heavy atom. The molecule has 1 rings (SSSR count). The molecule has 0 atom stereocenters. The third-order valence-electron chi connectivity index (χ3n) is 2.30. The maximum Gasteiger partial charge on any atom is 0.260 e. The summed E-state index contributed by atoms with van der Waals surface area (Å²) in [5, 5.41) is 9.54. The largest absolute Gasteiger partial charge is 0.494 e. The summed E-state index contributed by atoms with van der Waals surface area (Å²) in [5.41, 5.74) is -0.00421. The van der Waals surface area contributed by atoms with E-state index in [1.807, 2.05) is 18.7 Å². The number of nitrogens with zero attached hydrogens (tertiary/aromatic N) is 1. The molecule has 1 aromatic heterocycles. The molecule has 3 N–H and O–H groups in total. The van der Waals surface area contributed by atoms with Gasteiger partial charge in [0.2, 0.25) is 5.88 Å². The lowest BCUT2D eigenvalue weighted by atomic mass is 10.3. The van der Waals surface area contributed by atoms with Crippen LogP contribution in [0.4, 0.5) is 0 Å². The van der Waals surface area contributed by atoms with E-state index in [4.69, 9.17) is 12.2 Å². The van der Waals surface area contributed by atoms with E-state index in [1.54, 1.807) is 0 Å². The van der Waals surface area contributed by atoms with Crippen LogP contribution >= 0.6 is 12.2 Å². The van der Waals surface area contributed by atoms with Gasteiger partial charge in [0.05, 0.1) is 5.56 Å². The van der Waals surface area contributed by atoms with Gasteiger partial charge in [0, 0.05) is 6.54 Å². The zero-order valence-corrected chi connectivity index (χ0v) is 9.65. The molecule has 15 heavy (non-hydrogen) atoms. The minimum absolute atomic E-state index is 0.140. The first kappa shape index (κ1) is 11.9. The van der Waals surface area contributed by atoms with Gasteiger partial charge in [-0.2, -0.15) is 0 Å². The Morgan fingerprint density at radius 2 is 1.93 bits per heavy atom. The van der Waals surface area contributed by atoms with Crippen LogP contribution in [0.15, 0.2) is 4.79 Å². The number of aromatic nitrogens is 2.